The Morgan fingerprint density at radius 3 is 2.41 bits per heavy atom. The number of aryl methyl sites for hydroxylation is 1. The van der Waals surface area contributed by atoms with E-state index in [2.05, 4.69) is 5.10 Å². The molecule has 0 saturated carbocycles. The lowest BCUT2D eigenvalue weighted by Crippen LogP contribution is -2.12. The summed E-state index contributed by atoms with van der Waals surface area (Å²) >= 11 is 0. The number of ketones is 1. The van der Waals surface area contributed by atoms with Gasteiger partial charge in [0.1, 0.15) is 0 Å². The van der Waals surface area contributed by atoms with Gasteiger partial charge in [-0.05, 0) is 36.8 Å². The summed E-state index contributed by atoms with van der Waals surface area (Å²) in [5.74, 6) is -0.870. The van der Waals surface area contributed by atoms with Gasteiger partial charge in [0.15, 0.2) is 11.5 Å². The van der Waals surface area contributed by atoms with Crippen LogP contribution in [0, 0.1) is 6.92 Å². The van der Waals surface area contributed by atoms with Crippen molar-refractivity contribution in [2.45, 2.75) is 13.8 Å². The Morgan fingerprint density at radius 2 is 1.66 bits per heavy atom. The molecule has 0 amide bonds. The highest BCUT2D eigenvalue weighted by Crippen LogP contribution is 2.24. The minimum Gasteiger partial charge on any atom is -0.461 e. The van der Waals surface area contributed by atoms with Gasteiger partial charge in [0.25, 0.3) is 0 Å². The van der Waals surface area contributed by atoms with E-state index in [4.69, 9.17) is 4.74 Å². The van der Waals surface area contributed by atoms with Crippen LogP contribution in [-0.2, 0) is 4.74 Å². The molecule has 0 aliphatic heterocycles. The van der Waals surface area contributed by atoms with Crippen molar-refractivity contribution in [1.29, 1.82) is 0 Å². The van der Waals surface area contributed by atoms with Crippen LogP contribution in [0.2, 0.25) is 0 Å². The third kappa shape index (κ3) is 3.55. The van der Waals surface area contributed by atoms with Gasteiger partial charge in [-0.25, -0.2) is 9.48 Å². The first-order valence-corrected chi connectivity index (χ1v) is 9.44. The van der Waals surface area contributed by atoms with Crippen LogP contribution < -0.4 is 0 Å². The van der Waals surface area contributed by atoms with Crippen LogP contribution >= 0.6 is 0 Å². The van der Waals surface area contributed by atoms with Gasteiger partial charge >= 0.3 is 5.97 Å². The number of ether oxygens (including phenoxy) is 1. The van der Waals surface area contributed by atoms with Crippen molar-refractivity contribution in [3.63, 3.8) is 0 Å². The molecule has 0 saturated heterocycles. The molecule has 0 aliphatic carbocycles. The first-order chi connectivity index (χ1) is 14.1. The van der Waals surface area contributed by atoms with Crippen molar-refractivity contribution in [1.82, 2.24) is 9.78 Å². The van der Waals surface area contributed by atoms with Crippen molar-refractivity contribution in [3.8, 4) is 5.69 Å². The summed E-state index contributed by atoms with van der Waals surface area (Å²) in [5, 5.41) is 6.17. The standard InChI is InChI=1S/C24H20N2O3/c1-3-29-24(28)22-21(15-26(25-22)18-13-11-16(2)12-14-18)23(27)20-10-6-8-17-7-4-5-9-19(17)20/h4-15H,3H2,1-2H3. The van der Waals surface area contributed by atoms with Gasteiger partial charge in [-0.15, -0.1) is 0 Å². The molecule has 1 heterocycles. The van der Waals surface area contributed by atoms with Crippen LogP contribution in [0.5, 0.6) is 0 Å². The second-order valence-electron chi connectivity index (χ2n) is 6.75. The summed E-state index contributed by atoms with van der Waals surface area (Å²) in [7, 11) is 0. The Kier molecular flexibility index (Phi) is 4.96. The van der Waals surface area contributed by atoms with E-state index in [-0.39, 0.29) is 23.6 Å². The Bertz CT molecular complexity index is 1200. The smallest absolute Gasteiger partial charge is 0.359 e. The number of carbonyl (C=O) groups excluding carboxylic acids is 2. The zero-order valence-electron chi connectivity index (χ0n) is 16.3. The fourth-order valence-electron chi connectivity index (χ4n) is 3.29. The molecule has 3 aromatic carbocycles. The summed E-state index contributed by atoms with van der Waals surface area (Å²) in [6, 6.07) is 20.9. The molecule has 4 aromatic rings. The number of fused-ring (bicyclic) bond motifs is 1. The van der Waals surface area contributed by atoms with Crippen molar-refractivity contribution in [3.05, 3.63) is 95.3 Å². The molecular weight excluding hydrogens is 364 g/mol. The molecule has 0 fully saturated rings. The summed E-state index contributed by atoms with van der Waals surface area (Å²) in [4.78, 5) is 25.9. The van der Waals surface area contributed by atoms with Crippen molar-refractivity contribution in [2.24, 2.45) is 0 Å². The van der Waals surface area contributed by atoms with Gasteiger partial charge in [-0.1, -0.05) is 60.2 Å². The topological polar surface area (TPSA) is 61.2 Å². The molecule has 5 heteroatoms. The number of rotatable bonds is 5. The van der Waals surface area contributed by atoms with E-state index >= 15 is 0 Å². The normalized spacial score (nSPS) is 10.8. The maximum absolute atomic E-state index is 13.4. The number of esters is 1. The predicted molar refractivity (Wildman–Crippen MR) is 112 cm³/mol. The van der Waals surface area contributed by atoms with E-state index in [9.17, 15) is 9.59 Å². The number of hydrogen-bond acceptors (Lipinski definition) is 4. The summed E-state index contributed by atoms with van der Waals surface area (Å²) in [5.41, 5.74) is 2.64. The Labute approximate surface area is 168 Å². The molecule has 0 unspecified atom stereocenters. The number of benzene rings is 3. The Hall–Kier alpha value is -3.73. The molecule has 4 rings (SSSR count). The van der Waals surface area contributed by atoms with Crippen LogP contribution in [0.15, 0.2) is 72.9 Å². The van der Waals surface area contributed by atoms with Gasteiger partial charge in [0.05, 0.1) is 17.9 Å². The van der Waals surface area contributed by atoms with Crippen molar-refractivity contribution in [2.75, 3.05) is 6.61 Å². The monoisotopic (exact) mass is 384 g/mol. The first-order valence-electron chi connectivity index (χ1n) is 9.44. The fourth-order valence-corrected chi connectivity index (χ4v) is 3.29. The molecule has 5 nitrogen and oxygen atoms in total. The lowest BCUT2D eigenvalue weighted by Gasteiger charge is -2.06. The van der Waals surface area contributed by atoms with Crippen LogP contribution in [0.4, 0.5) is 0 Å². The van der Waals surface area contributed by atoms with Gasteiger partial charge in [-0.3, -0.25) is 4.79 Å². The lowest BCUT2D eigenvalue weighted by molar-refractivity contribution is 0.0516. The number of aromatic nitrogens is 2. The Morgan fingerprint density at radius 1 is 0.931 bits per heavy atom. The van der Waals surface area contributed by atoms with Crippen LogP contribution in [0.1, 0.15) is 38.9 Å². The minimum atomic E-state index is -0.609. The summed E-state index contributed by atoms with van der Waals surface area (Å²) < 4.78 is 6.69. The molecule has 0 spiro atoms. The van der Waals surface area contributed by atoms with Gasteiger partial charge in [0, 0.05) is 11.8 Å². The van der Waals surface area contributed by atoms with Gasteiger partial charge in [-0.2, -0.15) is 5.10 Å². The fraction of sp³-hybridized carbons (Fsp3) is 0.125. The van der Waals surface area contributed by atoms with Crippen molar-refractivity contribution < 1.29 is 14.3 Å². The van der Waals surface area contributed by atoms with E-state index < -0.39 is 5.97 Å². The third-order valence-electron chi connectivity index (χ3n) is 4.76. The Balaban J connectivity index is 1.85. The molecule has 0 atom stereocenters. The molecule has 0 aliphatic rings. The van der Waals surface area contributed by atoms with Crippen LogP contribution in [0.25, 0.3) is 16.5 Å². The SMILES string of the molecule is CCOC(=O)c1nn(-c2ccc(C)cc2)cc1C(=O)c1cccc2ccccc12. The van der Waals surface area contributed by atoms with E-state index in [0.29, 0.717) is 5.56 Å². The highest BCUT2D eigenvalue weighted by molar-refractivity contribution is 6.19. The average molecular weight is 384 g/mol. The van der Waals surface area contributed by atoms with Gasteiger partial charge < -0.3 is 4.74 Å². The minimum absolute atomic E-state index is 0.0189. The van der Waals surface area contributed by atoms with Gasteiger partial charge in [0.2, 0.25) is 0 Å². The second-order valence-corrected chi connectivity index (χ2v) is 6.75. The third-order valence-corrected chi connectivity index (χ3v) is 4.76. The molecule has 144 valence electrons. The highest BCUT2D eigenvalue weighted by atomic mass is 16.5. The first kappa shape index (κ1) is 18.6. The van der Waals surface area contributed by atoms with Crippen molar-refractivity contribution >= 4 is 22.5 Å². The maximum Gasteiger partial charge on any atom is 0.359 e. The molecule has 1 aromatic heterocycles. The number of hydrogen-bond donors (Lipinski definition) is 0. The summed E-state index contributed by atoms with van der Waals surface area (Å²) in [6.45, 7) is 3.92. The molecule has 0 radical (unpaired) electrons. The molecular formula is C24H20N2O3. The van der Waals surface area contributed by atoms with E-state index in [1.54, 1.807) is 23.9 Å². The zero-order valence-corrected chi connectivity index (χ0v) is 16.3. The highest BCUT2D eigenvalue weighted by Gasteiger charge is 2.25. The van der Waals surface area contributed by atoms with E-state index in [1.165, 1.54) is 0 Å². The zero-order chi connectivity index (χ0) is 20.4. The molecule has 0 bridgehead atoms. The number of nitrogens with zero attached hydrogens (tertiary/aromatic N) is 2. The number of carbonyl (C=O) groups is 2. The van der Waals surface area contributed by atoms with E-state index in [1.807, 2.05) is 67.6 Å². The van der Waals surface area contributed by atoms with Crippen LogP contribution in [0.3, 0.4) is 0 Å². The quantitative estimate of drug-likeness (QED) is 0.368. The summed E-state index contributed by atoms with van der Waals surface area (Å²) in [6.07, 6.45) is 1.60. The lowest BCUT2D eigenvalue weighted by atomic mass is 9.97. The second kappa shape index (κ2) is 7.72. The van der Waals surface area contributed by atoms with Crippen LogP contribution in [-0.4, -0.2) is 28.1 Å². The predicted octanol–water partition coefficient (Wildman–Crippen LogP) is 4.74. The maximum atomic E-state index is 13.4. The largest absolute Gasteiger partial charge is 0.461 e. The molecule has 0 N–H and O–H groups in total. The average Bonchev–Trinajstić information content (AvgIpc) is 3.19. The molecule has 29 heavy (non-hydrogen) atoms. The van der Waals surface area contributed by atoms with E-state index in [0.717, 1.165) is 22.0 Å².